The highest BCUT2D eigenvalue weighted by Gasteiger charge is 2.17. The zero-order valence-electron chi connectivity index (χ0n) is 17.1. The van der Waals surface area contributed by atoms with Crippen molar-refractivity contribution in [3.63, 3.8) is 0 Å². The minimum Gasteiger partial charge on any atom is -0.379 e. The van der Waals surface area contributed by atoms with Crippen molar-refractivity contribution < 1.29 is 14.5 Å². The number of hydrogen-bond donors (Lipinski definition) is 1. The van der Waals surface area contributed by atoms with Crippen LogP contribution < -0.4 is 5.32 Å². The van der Waals surface area contributed by atoms with Crippen molar-refractivity contribution in [1.82, 2.24) is 9.88 Å². The number of nitrogens with one attached hydrogen (secondary N) is 1. The predicted molar refractivity (Wildman–Crippen MR) is 124 cm³/mol. The van der Waals surface area contributed by atoms with Crippen molar-refractivity contribution in [2.24, 2.45) is 0 Å². The molecule has 8 nitrogen and oxygen atoms in total. The molecule has 0 radical (unpaired) electrons. The van der Waals surface area contributed by atoms with E-state index in [-0.39, 0.29) is 28.7 Å². The first-order chi connectivity index (χ1) is 15.5. The summed E-state index contributed by atoms with van der Waals surface area (Å²) in [6, 6.07) is 12.4. The van der Waals surface area contributed by atoms with E-state index in [2.05, 4.69) is 27.3 Å². The number of hydrogen-bond acceptors (Lipinski definition) is 7. The monoisotopic (exact) mass is 472 g/mol. The maximum Gasteiger partial charge on any atom is 0.294 e. The molecule has 1 aliphatic rings. The number of amides is 1. The van der Waals surface area contributed by atoms with Gasteiger partial charge in [-0.15, -0.1) is 11.3 Å². The van der Waals surface area contributed by atoms with Gasteiger partial charge in [0.05, 0.1) is 30.3 Å². The van der Waals surface area contributed by atoms with E-state index in [0.29, 0.717) is 5.69 Å². The summed E-state index contributed by atoms with van der Waals surface area (Å²) >= 11 is 7.27. The quantitative estimate of drug-likeness (QED) is 0.404. The molecule has 1 fully saturated rings. The largest absolute Gasteiger partial charge is 0.379 e. The molecule has 1 aliphatic heterocycles. The van der Waals surface area contributed by atoms with Crippen LogP contribution in [0.5, 0.6) is 0 Å². The lowest BCUT2D eigenvalue weighted by molar-refractivity contribution is -0.383. The van der Waals surface area contributed by atoms with Crippen LogP contribution in [-0.2, 0) is 22.5 Å². The summed E-state index contributed by atoms with van der Waals surface area (Å²) in [6.07, 6.45) is 0.0192. The Bertz CT molecular complexity index is 1110. The Balaban J connectivity index is 1.37. The van der Waals surface area contributed by atoms with Gasteiger partial charge in [-0.3, -0.25) is 19.8 Å². The van der Waals surface area contributed by atoms with Crippen LogP contribution >= 0.6 is 22.9 Å². The first-order valence-electron chi connectivity index (χ1n) is 10.1. The Kier molecular flexibility index (Phi) is 7.11. The molecule has 1 amide bonds. The minimum absolute atomic E-state index is 0.0192. The van der Waals surface area contributed by atoms with E-state index >= 15 is 0 Å². The summed E-state index contributed by atoms with van der Waals surface area (Å²) in [4.78, 5) is 29.9. The van der Waals surface area contributed by atoms with E-state index in [4.69, 9.17) is 16.3 Å². The molecule has 0 saturated carbocycles. The van der Waals surface area contributed by atoms with Gasteiger partial charge in [0.25, 0.3) is 5.69 Å². The van der Waals surface area contributed by atoms with Crippen molar-refractivity contribution >= 4 is 40.2 Å². The van der Waals surface area contributed by atoms with Crippen molar-refractivity contribution in [1.29, 1.82) is 0 Å². The highest BCUT2D eigenvalue weighted by Crippen LogP contribution is 2.28. The van der Waals surface area contributed by atoms with Gasteiger partial charge in [-0.05, 0) is 17.7 Å². The number of morpholine rings is 1. The minimum atomic E-state index is -0.578. The predicted octanol–water partition coefficient (Wildman–Crippen LogP) is 4.39. The van der Waals surface area contributed by atoms with Crippen molar-refractivity contribution in [2.75, 3.05) is 31.6 Å². The Labute approximate surface area is 193 Å². The lowest BCUT2D eigenvalue weighted by Crippen LogP contribution is -2.35. The van der Waals surface area contributed by atoms with Crippen LogP contribution in [0.3, 0.4) is 0 Å². The van der Waals surface area contributed by atoms with Crippen molar-refractivity contribution in [3.05, 3.63) is 74.2 Å². The van der Waals surface area contributed by atoms with Crippen LogP contribution in [0.4, 0.5) is 11.4 Å². The van der Waals surface area contributed by atoms with Crippen LogP contribution in [0.2, 0.25) is 5.02 Å². The topological polar surface area (TPSA) is 97.6 Å². The Hall–Kier alpha value is -2.85. The molecule has 2 heterocycles. The number of carbonyl (C=O) groups excluding carboxylic acids is 1. The number of aromatic nitrogens is 1. The molecular weight excluding hydrogens is 452 g/mol. The van der Waals surface area contributed by atoms with Gasteiger partial charge in [-0.1, -0.05) is 35.9 Å². The number of nitro groups is 1. The zero-order valence-corrected chi connectivity index (χ0v) is 18.7. The number of halogens is 1. The third-order valence-corrected chi connectivity index (χ3v) is 6.21. The molecule has 166 valence electrons. The van der Waals surface area contributed by atoms with E-state index < -0.39 is 4.92 Å². The molecule has 0 atom stereocenters. The number of nitro benzene ring substituents is 1. The number of ether oxygens (including phenoxy) is 1. The summed E-state index contributed by atoms with van der Waals surface area (Å²) < 4.78 is 5.39. The number of thiazole rings is 1. The molecule has 0 unspecified atom stereocenters. The van der Waals surface area contributed by atoms with Gasteiger partial charge in [0.2, 0.25) is 5.91 Å². The average molecular weight is 473 g/mol. The van der Waals surface area contributed by atoms with Gasteiger partial charge in [0.15, 0.2) is 0 Å². The fraction of sp³-hybridized carbons (Fsp3) is 0.273. The molecule has 1 aromatic heterocycles. The third kappa shape index (κ3) is 5.68. The Morgan fingerprint density at radius 2 is 1.97 bits per heavy atom. The Morgan fingerprint density at radius 3 is 2.69 bits per heavy atom. The number of rotatable bonds is 7. The fourth-order valence-electron chi connectivity index (χ4n) is 3.41. The lowest BCUT2D eigenvalue weighted by atomic mass is 10.1. The summed E-state index contributed by atoms with van der Waals surface area (Å²) in [6.45, 7) is 4.33. The Morgan fingerprint density at radius 1 is 1.22 bits per heavy atom. The second-order valence-electron chi connectivity index (χ2n) is 7.37. The van der Waals surface area contributed by atoms with Gasteiger partial charge in [-0.2, -0.15) is 0 Å². The van der Waals surface area contributed by atoms with Crippen molar-refractivity contribution in [3.8, 4) is 10.6 Å². The molecule has 1 N–H and O–H groups in total. The van der Waals surface area contributed by atoms with E-state index in [1.54, 1.807) is 0 Å². The zero-order chi connectivity index (χ0) is 22.5. The summed E-state index contributed by atoms with van der Waals surface area (Å²) in [5.41, 5.74) is 2.69. The van der Waals surface area contributed by atoms with Crippen LogP contribution in [0.15, 0.2) is 47.8 Å². The smallest absolute Gasteiger partial charge is 0.294 e. The van der Waals surface area contributed by atoms with Gasteiger partial charge in [0.1, 0.15) is 10.7 Å². The maximum absolute atomic E-state index is 12.4. The molecule has 1 saturated heterocycles. The summed E-state index contributed by atoms with van der Waals surface area (Å²) in [7, 11) is 0. The second kappa shape index (κ2) is 10.2. The van der Waals surface area contributed by atoms with E-state index in [9.17, 15) is 14.9 Å². The van der Waals surface area contributed by atoms with Gasteiger partial charge in [-0.25, -0.2) is 4.98 Å². The first kappa shape index (κ1) is 22.3. The normalized spacial score (nSPS) is 14.3. The van der Waals surface area contributed by atoms with E-state index in [0.717, 1.165) is 43.4 Å². The maximum atomic E-state index is 12.4. The van der Waals surface area contributed by atoms with Gasteiger partial charge < -0.3 is 10.1 Å². The first-order valence-corrected chi connectivity index (χ1v) is 11.3. The van der Waals surface area contributed by atoms with Gasteiger partial charge in [0, 0.05) is 41.7 Å². The second-order valence-corrected chi connectivity index (χ2v) is 8.67. The van der Waals surface area contributed by atoms with E-state index in [1.165, 1.54) is 35.1 Å². The highest BCUT2D eigenvalue weighted by atomic mass is 35.5. The standard InChI is InChI=1S/C22H21ClN4O4S/c23-17-5-6-19(20(11-17)27(29)30)25-21(28)12-18-14-32-22(24-18)16-3-1-15(2-4-16)13-26-7-9-31-10-8-26/h1-6,11,14H,7-10,12-13H2,(H,25,28). The number of carbonyl (C=O) groups is 1. The third-order valence-electron chi connectivity index (χ3n) is 5.03. The lowest BCUT2D eigenvalue weighted by Gasteiger charge is -2.26. The van der Waals surface area contributed by atoms with E-state index in [1.807, 2.05) is 17.5 Å². The molecule has 2 aromatic carbocycles. The summed E-state index contributed by atoms with van der Waals surface area (Å²) in [5, 5.41) is 16.6. The molecule has 0 aliphatic carbocycles. The molecular formula is C22H21ClN4O4S. The summed E-state index contributed by atoms with van der Waals surface area (Å²) in [5.74, 6) is -0.381. The van der Waals surface area contributed by atoms with Crippen LogP contribution in [0.25, 0.3) is 10.6 Å². The number of anilines is 1. The molecule has 32 heavy (non-hydrogen) atoms. The van der Waals surface area contributed by atoms with Crippen LogP contribution in [0, 0.1) is 10.1 Å². The molecule has 3 aromatic rings. The number of benzene rings is 2. The molecule has 10 heteroatoms. The van der Waals surface area contributed by atoms with Gasteiger partial charge >= 0.3 is 0 Å². The average Bonchev–Trinajstić information content (AvgIpc) is 3.24. The highest BCUT2D eigenvalue weighted by molar-refractivity contribution is 7.13. The van der Waals surface area contributed by atoms with Crippen molar-refractivity contribution in [2.45, 2.75) is 13.0 Å². The number of nitrogens with zero attached hydrogens (tertiary/aromatic N) is 3. The fourth-order valence-corrected chi connectivity index (χ4v) is 4.40. The van der Waals surface area contributed by atoms with Crippen LogP contribution in [0.1, 0.15) is 11.3 Å². The molecule has 4 rings (SSSR count). The molecule has 0 spiro atoms. The SMILES string of the molecule is O=C(Cc1csc(-c2ccc(CN3CCOCC3)cc2)n1)Nc1ccc(Cl)cc1[N+](=O)[O-]. The molecule has 0 bridgehead atoms. The van der Waals surface area contributed by atoms with Crippen LogP contribution in [-0.4, -0.2) is 47.0 Å².